The Balaban J connectivity index is 1.28. The van der Waals surface area contributed by atoms with Crippen molar-refractivity contribution in [1.82, 2.24) is 24.2 Å². The number of aryl methyl sites for hydroxylation is 1. The van der Waals surface area contributed by atoms with E-state index >= 15 is 0 Å². The molecule has 1 fully saturated rings. The van der Waals surface area contributed by atoms with Gasteiger partial charge >= 0.3 is 0 Å². The second-order valence-corrected chi connectivity index (χ2v) is 8.54. The number of nitrogens with zero attached hydrogens (tertiary/aromatic N) is 5. The highest BCUT2D eigenvalue weighted by Gasteiger charge is 2.24. The molecule has 0 bridgehead atoms. The van der Waals surface area contributed by atoms with E-state index in [-0.39, 0.29) is 17.3 Å². The Bertz CT molecular complexity index is 1360. The van der Waals surface area contributed by atoms with Crippen molar-refractivity contribution in [3.8, 4) is 0 Å². The molecule has 7 nitrogen and oxygen atoms in total. The SMILES string of the molecule is Cc1nc2cc(F)ccc2cc1C(=O)N1CCN(Cc2cc(=O)n3ccsc3n2)CC1. The molecule has 0 N–H and O–H groups in total. The summed E-state index contributed by atoms with van der Waals surface area (Å²) in [5.74, 6) is -0.405. The first-order valence-corrected chi connectivity index (χ1v) is 10.9. The van der Waals surface area contributed by atoms with Gasteiger partial charge in [-0.3, -0.25) is 23.9 Å². The maximum Gasteiger partial charge on any atom is 0.258 e. The lowest BCUT2D eigenvalue weighted by Crippen LogP contribution is -2.48. The maximum atomic E-state index is 13.5. The molecule has 1 aliphatic heterocycles. The van der Waals surface area contributed by atoms with Crippen molar-refractivity contribution in [2.45, 2.75) is 13.5 Å². The number of pyridine rings is 1. The third-order valence-corrected chi connectivity index (χ3v) is 6.36. The first-order valence-electron chi connectivity index (χ1n) is 10.0. The summed E-state index contributed by atoms with van der Waals surface area (Å²) in [5, 5.41) is 2.59. The summed E-state index contributed by atoms with van der Waals surface area (Å²) in [6.07, 6.45) is 1.73. The van der Waals surface area contributed by atoms with Crippen LogP contribution in [0.3, 0.4) is 0 Å². The summed E-state index contributed by atoms with van der Waals surface area (Å²) >= 11 is 1.44. The van der Waals surface area contributed by atoms with Gasteiger partial charge in [0.25, 0.3) is 11.5 Å². The van der Waals surface area contributed by atoms with Gasteiger partial charge < -0.3 is 4.90 Å². The van der Waals surface area contributed by atoms with Gasteiger partial charge in [0.15, 0.2) is 4.96 Å². The Morgan fingerprint density at radius 3 is 2.74 bits per heavy atom. The van der Waals surface area contributed by atoms with Gasteiger partial charge in [-0.25, -0.2) is 9.37 Å². The predicted octanol–water partition coefficient (Wildman–Crippen LogP) is 2.71. The molecular formula is C22H20FN5O2S. The first kappa shape index (κ1) is 19.8. The van der Waals surface area contributed by atoms with Gasteiger partial charge in [0.2, 0.25) is 0 Å². The number of hydrogen-bond acceptors (Lipinski definition) is 6. The molecule has 31 heavy (non-hydrogen) atoms. The third-order valence-electron chi connectivity index (χ3n) is 5.60. The van der Waals surface area contributed by atoms with Gasteiger partial charge in [-0.2, -0.15) is 0 Å². The fraction of sp³-hybridized carbons (Fsp3) is 0.273. The van der Waals surface area contributed by atoms with Crippen molar-refractivity contribution >= 4 is 33.1 Å². The van der Waals surface area contributed by atoms with Crippen molar-refractivity contribution < 1.29 is 9.18 Å². The Hall–Kier alpha value is -3.17. The zero-order valence-corrected chi connectivity index (χ0v) is 17.7. The second-order valence-electron chi connectivity index (χ2n) is 7.67. The molecule has 4 heterocycles. The zero-order chi connectivity index (χ0) is 21.5. The molecule has 1 aromatic carbocycles. The van der Waals surface area contributed by atoms with E-state index < -0.39 is 0 Å². The van der Waals surface area contributed by atoms with Gasteiger partial charge in [-0.05, 0) is 25.1 Å². The van der Waals surface area contributed by atoms with Crippen molar-refractivity contribution in [2.75, 3.05) is 26.2 Å². The highest BCUT2D eigenvalue weighted by atomic mass is 32.1. The number of fused-ring (bicyclic) bond motifs is 2. The summed E-state index contributed by atoms with van der Waals surface area (Å²) in [7, 11) is 0. The van der Waals surface area contributed by atoms with E-state index in [0.29, 0.717) is 54.5 Å². The Morgan fingerprint density at radius 1 is 1.13 bits per heavy atom. The van der Waals surface area contributed by atoms with E-state index in [0.717, 1.165) is 11.1 Å². The molecule has 158 valence electrons. The predicted molar refractivity (Wildman–Crippen MR) is 117 cm³/mol. The quantitative estimate of drug-likeness (QED) is 0.493. The number of carbonyl (C=O) groups excluding carboxylic acids is 1. The van der Waals surface area contributed by atoms with Crippen LogP contribution in [0.4, 0.5) is 4.39 Å². The van der Waals surface area contributed by atoms with E-state index in [2.05, 4.69) is 14.9 Å². The number of piperazine rings is 1. The van der Waals surface area contributed by atoms with Gasteiger partial charge in [0, 0.05) is 61.8 Å². The fourth-order valence-corrected chi connectivity index (χ4v) is 4.67. The van der Waals surface area contributed by atoms with E-state index in [4.69, 9.17) is 0 Å². The lowest BCUT2D eigenvalue weighted by Gasteiger charge is -2.34. The van der Waals surface area contributed by atoms with Gasteiger partial charge in [0.05, 0.1) is 22.5 Å². The molecule has 0 unspecified atom stereocenters. The minimum absolute atomic E-state index is 0.0627. The Kier molecular flexibility index (Phi) is 4.99. The lowest BCUT2D eigenvalue weighted by atomic mass is 10.1. The summed E-state index contributed by atoms with van der Waals surface area (Å²) in [4.78, 5) is 39.0. The highest BCUT2D eigenvalue weighted by Crippen LogP contribution is 2.20. The molecule has 0 saturated carbocycles. The summed E-state index contributed by atoms with van der Waals surface area (Å²) in [6.45, 7) is 4.91. The molecule has 0 atom stereocenters. The minimum Gasteiger partial charge on any atom is -0.336 e. The van der Waals surface area contributed by atoms with Crippen molar-refractivity contribution in [3.05, 3.63) is 75.0 Å². The maximum absolute atomic E-state index is 13.5. The molecule has 0 radical (unpaired) electrons. The van der Waals surface area contributed by atoms with Gasteiger partial charge in [-0.1, -0.05) is 0 Å². The monoisotopic (exact) mass is 437 g/mol. The zero-order valence-electron chi connectivity index (χ0n) is 16.9. The van der Waals surface area contributed by atoms with E-state index in [9.17, 15) is 14.0 Å². The van der Waals surface area contributed by atoms with Crippen LogP contribution in [0.5, 0.6) is 0 Å². The van der Waals surface area contributed by atoms with Crippen LogP contribution in [0.15, 0.2) is 46.7 Å². The second kappa shape index (κ2) is 7.82. The number of aromatic nitrogens is 3. The number of hydrogen-bond donors (Lipinski definition) is 0. The number of rotatable bonds is 3. The molecule has 1 aliphatic rings. The van der Waals surface area contributed by atoms with Gasteiger partial charge in [-0.15, -0.1) is 11.3 Å². The lowest BCUT2D eigenvalue weighted by molar-refractivity contribution is 0.0626. The topological polar surface area (TPSA) is 70.8 Å². The van der Waals surface area contributed by atoms with Crippen molar-refractivity contribution in [2.24, 2.45) is 0 Å². The van der Waals surface area contributed by atoms with Crippen LogP contribution >= 0.6 is 11.3 Å². The first-order chi connectivity index (χ1) is 15.0. The van der Waals surface area contributed by atoms with E-state index in [1.54, 1.807) is 35.7 Å². The number of benzene rings is 1. The highest BCUT2D eigenvalue weighted by molar-refractivity contribution is 7.15. The molecule has 1 saturated heterocycles. The number of thiazole rings is 1. The average molecular weight is 438 g/mol. The van der Waals surface area contributed by atoms with Crippen molar-refractivity contribution in [3.63, 3.8) is 0 Å². The molecule has 5 rings (SSSR count). The molecule has 0 aliphatic carbocycles. The van der Waals surface area contributed by atoms with Crippen LogP contribution in [0.1, 0.15) is 21.7 Å². The van der Waals surface area contributed by atoms with Crippen LogP contribution < -0.4 is 5.56 Å². The number of carbonyl (C=O) groups is 1. The Morgan fingerprint density at radius 2 is 1.94 bits per heavy atom. The van der Waals surface area contributed by atoms with Crippen molar-refractivity contribution in [1.29, 1.82) is 0 Å². The normalized spacial score (nSPS) is 15.1. The number of amides is 1. The Labute approximate surface area is 181 Å². The van der Waals surface area contributed by atoms with Crippen LogP contribution in [-0.4, -0.2) is 56.3 Å². The standard InChI is InChI=1S/C22H20FN5O2S/c1-14-18(10-15-2-3-16(23)11-19(15)24-14)21(30)27-6-4-26(5-7-27)13-17-12-20(29)28-8-9-31-22(28)25-17/h2-3,8-12H,4-7,13H2,1H3. The molecular weight excluding hydrogens is 417 g/mol. The largest absolute Gasteiger partial charge is 0.336 e. The summed E-state index contributed by atoms with van der Waals surface area (Å²) in [5.41, 5.74) is 2.36. The summed E-state index contributed by atoms with van der Waals surface area (Å²) in [6, 6.07) is 7.76. The number of halogens is 1. The molecule has 4 aromatic rings. The molecule has 9 heteroatoms. The fourth-order valence-electron chi connectivity index (χ4n) is 3.93. The van der Waals surface area contributed by atoms with Crippen LogP contribution in [0, 0.1) is 12.7 Å². The molecule has 0 spiro atoms. The molecule has 3 aromatic heterocycles. The van der Waals surface area contributed by atoms with E-state index in [1.165, 1.54) is 23.5 Å². The summed E-state index contributed by atoms with van der Waals surface area (Å²) < 4.78 is 15.0. The smallest absolute Gasteiger partial charge is 0.258 e. The van der Waals surface area contributed by atoms with Crippen LogP contribution in [0.2, 0.25) is 0 Å². The van der Waals surface area contributed by atoms with E-state index in [1.807, 2.05) is 10.3 Å². The average Bonchev–Trinajstić information content (AvgIpc) is 3.22. The minimum atomic E-state index is -0.343. The molecule has 1 amide bonds. The van der Waals surface area contributed by atoms with Crippen LogP contribution in [0.25, 0.3) is 15.9 Å². The van der Waals surface area contributed by atoms with Crippen LogP contribution in [-0.2, 0) is 6.54 Å². The third kappa shape index (κ3) is 3.82. The van der Waals surface area contributed by atoms with Gasteiger partial charge in [0.1, 0.15) is 5.82 Å².